The number of anilines is 1. The number of rotatable bonds is 8. The third-order valence-electron chi connectivity index (χ3n) is 4.23. The van der Waals surface area contributed by atoms with Crippen LogP contribution >= 0.6 is 0 Å². The van der Waals surface area contributed by atoms with Crippen molar-refractivity contribution in [1.82, 2.24) is 10.6 Å². The lowest BCUT2D eigenvalue weighted by atomic mass is 10.0. The quantitative estimate of drug-likeness (QED) is 0.600. The van der Waals surface area contributed by atoms with Gasteiger partial charge in [0.15, 0.2) is 5.60 Å². The number of carbonyl (C=O) groups is 2. The number of amides is 2. The fourth-order valence-corrected chi connectivity index (χ4v) is 2.91. The summed E-state index contributed by atoms with van der Waals surface area (Å²) < 4.78 is 5.87. The number of ether oxygens (including phenoxy) is 1. The van der Waals surface area contributed by atoms with Crippen LogP contribution in [-0.2, 0) is 9.59 Å². The van der Waals surface area contributed by atoms with Gasteiger partial charge in [-0.15, -0.1) is 0 Å². The number of hydrogen-bond acceptors (Lipinski definition) is 5. The molecule has 0 radical (unpaired) electrons. The van der Waals surface area contributed by atoms with E-state index < -0.39 is 5.60 Å². The summed E-state index contributed by atoms with van der Waals surface area (Å²) in [5.41, 5.74) is -0.0430. The molecule has 138 valence electrons. The van der Waals surface area contributed by atoms with Crippen molar-refractivity contribution < 1.29 is 19.4 Å². The molecule has 0 bridgehead atoms. The molecule has 1 heterocycles. The fourth-order valence-electron chi connectivity index (χ4n) is 2.91. The number of piperidine rings is 1. The number of benzene rings is 1. The minimum atomic E-state index is -1.04. The summed E-state index contributed by atoms with van der Waals surface area (Å²) in [6, 6.07) is 7.76. The van der Waals surface area contributed by atoms with Gasteiger partial charge >= 0.3 is 0 Å². The topological polar surface area (TPSA) is 90.9 Å². The van der Waals surface area contributed by atoms with Gasteiger partial charge in [-0.25, -0.2) is 0 Å². The van der Waals surface area contributed by atoms with Gasteiger partial charge in [0.05, 0.1) is 6.61 Å². The molecular weight excluding hydrogens is 322 g/mol. The van der Waals surface area contributed by atoms with Gasteiger partial charge in [-0.1, -0.05) is 6.07 Å². The fraction of sp³-hybridized carbons (Fsp3) is 0.556. The van der Waals surface area contributed by atoms with Crippen LogP contribution in [0, 0.1) is 0 Å². The van der Waals surface area contributed by atoms with E-state index in [1.165, 1.54) is 0 Å². The Morgan fingerprint density at radius 2 is 2.28 bits per heavy atom. The van der Waals surface area contributed by atoms with Gasteiger partial charge in [-0.05, 0) is 38.8 Å². The van der Waals surface area contributed by atoms with E-state index in [9.17, 15) is 9.59 Å². The first-order chi connectivity index (χ1) is 12.0. The van der Waals surface area contributed by atoms with Gasteiger partial charge in [0.25, 0.3) is 5.91 Å². The van der Waals surface area contributed by atoms with Crippen molar-refractivity contribution in [3.05, 3.63) is 24.3 Å². The Kier molecular flexibility index (Phi) is 6.64. The molecule has 0 aliphatic carbocycles. The first-order valence-electron chi connectivity index (χ1n) is 8.59. The summed E-state index contributed by atoms with van der Waals surface area (Å²) in [6.07, 6.45) is 2.73. The summed E-state index contributed by atoms with van der Waals surface area (Å²) in [6.45, 7) is 5.14. The maximum Gasteiger partial charge on any atom is 0.263 e. The van der Waals surface area contributed by atoms with E-state index >= 15 is 0 Å². The Morgan fingerprint density at radius 3 is 3.00 bits per heavy atom. The Labute approximate surface area is 148 Å². The van der Waals surface area contributed by atoms with E-state index in [-0.39, 0.29) is 25.1 Å². The maximum atomic E-state index is 12.1. The van der Waals surface area contributed by atoms with Crippen LogP contribution in [0.4, 0.5) is 5.69 Å². The van der Waals surface area contributed by atoms with Gasteiger partial charge in [-0.3, -0.25) is 9.59 Å². The van der Waals surface area contributed by atoms with Crippen molar-refractivity contribution in [1.29, 1.82) is 0 Å². The lowest BCUT2D eigenvalue weighted by molar-refractivity contribution is -0.134. The molecule has 3 N–H and O–H groups in total. The molecule has 7 nitrogen and oxygen atoms in total. The lowest BCUT2D eigenvalue weighted by Crippen LogP contribution is -2.47. The van der Waals surface area contributed by atoms with Crippen LogP contribution in [-0.4, -0.2) is 55.3 Å². The molecule has 0 spiro atoms. The average molecular weight is 349 g/mol. The molecule has 2 amide bonds. The van der Waals surface area contributed by atoms with E-state index in [0.29, 0.717) is 5.75 Å². The average Bonchev–Trinajstić information content (AvgIpc) is 2.60. The molecule has 1 aromatic carbocycles. The molecule has 0 aromatic heterocycles. The number of aliphatic hydroxyl groups excluding tert-OH is 1. The number of hydrogen-bond donors (Lipinski definition) is 3. The first-order valence-corrected chi connectivity index (χ1v) is 8.59. The van der Waals surface area contributed by atoms with Crippen LogP contribution in [0.25, 0.3) is 0 Å². The van der Waals surface area contributed by atoms with Gasteiger partial charge in [-0.2, -0.15) is 0 Å². The third kappa shape index (κ3) is 5.35. The van der Waals surface area contributed by atoms with E-state index in [2.05, 4.69) is 15.5 Å². The van der Waals surface area contributed by atoms with Crippen molar-refractivity contribution in [3.8, 4) is 5.75 Å². The predicted molar refractivity (Wildman–Crippen MR) is 95.7 cm³/mol. The Balaban J connectivity index is 2.05. The summed E-state index contributed by atoms with van der Waals surface area (Å²) in [4.78, 5) is 25.0. The Hall–Kier alpha value is -2.28. The highest BCUT2D eigenvalue weighted by Gasteiger charge is 2.30. The molecular formula is C18H27N3O4. The van der Waals surface area contributed by atoms with Crippen LogP contribution in [0.2, 0.25) is 0 Å². The molecule has 1 atom stereocenters. The Bertz CT molecular complexity index is 591. The number of nitrogens with zero attached hydrogens (tertiary/aromatic N) is 1. The molecule has 1 aliphatic rings. The minimum Gasteiger partial charge on any atom is -0.478 e. The number of carbonyl (C=O) groups excluding carboxylic acids is 2. The van der Waals surface area contributed by atoms with Gasteiger partial charge in [0.2, 0.25) is 6.41 Å². The smallest absolute Gasteiger partial charge is 0.263 e. The highest BCUT2D eigenvalue weighted by atomic mass is 16.5. The van der Waals surface area contributed by atoms with Crippen molar-refractivity contribution >= 4 is 18.0 Å². The summed E-state index contributed by atoms with van der Waals surface area (Å²) in [7, 11) is 0. The molecule has 0 unspecified atom stereocenters. The highest BCUT2D eigenvalue weighted by Crippen LogP contribution is 2.26. The second-order valence-corrected chi connectivity index (χ2v) is 6.66. The van der Waals surface area contributed by atoms with Gasteiger partial charge in [0, 0.05) is 37.4 Å². The van der Waals surface area contributed by atoms with Gasteiger partial charge < -0.3 is 25.4 Å². The van der Waals surface area contributed by atoms with Crippen molar-refractivity contribution in [2.75, 3.05) is 31.1 Å². The van der Waals surface area contributed by atoms with Crippen molar-refractivity contribution in [2.24, 2.45) is 0 Å². The monoisotopic (exact) mass is 349 g/mol. The maximum absolute atomic E-state index is 12.1. The summed E-state index contributed by atoms with van der Waals surface area (Å²) in [5.74, 6) is 0.326. The number of aliphatic hydroxyl groups is 1. The predicted octanol–water partition coefficient (Wildman–Crippen LogP) is 0.667. The van der Waals surface area contributed by atoms with Crippen LogP contribution in [0.3, 0.4) is 0 Å². The summed E-state index contributed by atoms with van der Waals surface area (Å²) >= 11 is 0. The molecule has 1 saturated heterocycles. The lowest BCUT2D eigenvalue weighted by Gasteiger charge is -2.34. The molecule has 7 heteroatoms. The zero-order valence-corrected chi connectivity index (χ0v) is 14.8. The molecule has 1 aliphatic heterocycles. The highest BCUT2D eigenvalue weighted by molar-refractivity contribution is 5.84. The largest absolute Gasteiger partial charge is 0.478 e. The second-order valence-electron chi connectivity index (χ2n) is 6.66. The molecule has 1 fully saturated rings. The van der Waals surface area contributed by atoms with Gasteiger partial charge in [0.1, 0.15) is 5.75 Å². The van der Waals surface area contributed by atoms with Crippen molar-refractivity contribution in [3.63, 3.8) is 0 Å². The van der Waals surface area contributed by atoms with Crippen LogP contribution in [0.1, 0.15) is 26.7 Å². The molecule has 2 rings (SSSR count). The normalized spacial score (nSPS) is 17.7. The van der Waals surface area contributed by atoms with Crippen molar-refractivity contribution in [2.45, 2.75) is 38.3 Å². The third-order valence-corrected chi connectivity index (χ3v) is 4.23. The first kappa shape index (κ1) is 19.1. The standard InChI is InChI=1S/C18H27N3O4/c1-18(2,17(24)19-8-10-22)25-16-7-3-6-15(11-16)21-9-4-5-14(12-21)20-13-23/h3,6-7,11,13-14,22H,4-5,8-10,12H2,1-2H3,(H,19,24)(H,20,23)/t14-/m0/s1. The zero-order chi connectivity index (χ0) is 18.3. The zero-order valence-electron chi connectivity index (χ0n) is 14.8. The molecule has 1 aromatic rings. The van der Waals surface area contributed by atoms with E-state index in [4.69, 9.17) is 9.84 Å². The molecule has 25 heavy (non-hydrogen) atoms. The summed E-state index contributed by atoms with van der Waals surface area (Å²) in [5, 5.41) is 14.3. The second kappa shape index (κ2) is 8.71. The van der Waals surface area contributed by atoms with Crippen LogP contribution < -0.4 is 20.3 Å². The van der Waals surface area contributed by atoms with E-state index in [0.717, 1.165) is 38.0 Å². The van der Waals surface area contributed by atoms with E-state index in [1.807, 2.05) is 24.3 Å². The minimum absolute atomic E-state index is 0.109. The Morgan fingerprint density at radius 1 is 1.48 bits per heavy atom. The number of nitrogens with one attached hydrogen (secondary N) is 2. The SMILES string of the molecule is CC(C)(Oc1cccc(N2CCC[C@H](NC=O)C2)c1)C(=O)NCCO. The van der Waals surface area contributed by atoms with E-state index in [1.54, 1.807) is 13.8 Å². The van der Waals surface area contributed by atoms with Crippen LogP contribution in [0.15, 0.2) is 24.3 Å². The van der Waals surface area contributed by atoms with Crippen LogP contribution in [0.5, 0.6) is 5.75 Å². The molecule has 0 saturated carbocycles.